The molecule has 0 aromatic heterocycles. The van der Waals surface area contributed by atoms with Crippen LogP contribution in [0.1, 0.15) is 0 Å². The van der Waals surface area contributed by atoms with Crippen molar-refractivity contribution < 1.29 is 70.9 Å². The van der Waals surface area contributed by atoms with Crippen LogP contribution in [-0.2, 0) is 21.9 Å². The van der Waals surface area contributed by atoms with Gasteiger partial charge < -0.3 is 19.2 Å². The van der Waals surface area contributed by atoms with Gasteiger partial charge in [0.2, 0.25) is 0 Å². The van der Waals surface area contributed by atoms with E-state index in [1.165, 1.54) is 0 Å². The van der Waals surface area contributed by atoms with Crippen LogP contribution in [0.4, 0.5) is 4.70 Å². The molecule has 0 N–H and O–H groups in total. The van der Waals surface area contributed by atoms with Crippen LogP contribution < -0.4 is 44.2 Å². The van der Waals surface area contributed by atoms with Crippen molar-refractivity contribution in [1.82, 2.24) is 0 Å². The smallest absolute Gasteiger partial charge is 0.822 e. The average molecular weight is 190 g/mol. The zero-order valence-corrected chi connectivity index (χ0v) is 8.07. The summed E-state index contributed by atoms with van der Waals surface area (Å²) < 4.78 is 8.55. The quantitative estimate of drug-likeness (QED) is 0.281. The van der Waals surface area contributed by atoms with E-state index in [9.17, 15) is 0 Å². The van der Waals surface area contributed by atoms with Crippen LogP contribution in [0.2, 0.25) is 0 Å². The van der Waals surface area contributed by atoms with Gasteiger partial charge in [-0.25, -0.2) is 0 Å². The van der Waals surface area contributed by atoms with Crippen LogP contribution in [0, 0.1) is 0 Å². The zero-order valence-electron chi connectivity index (χ0n) is 3.90. The normalized spacial score (nSPS) is 7.38. The summed E-state index contributed by atoms with van der Waals surface area (Å²) in [7, 11) is -5.39. The van der Waals surface area contributed by atoms with Gasteiger partial charge in [-0.05, 0) is 0 Å². The van der Waals surface area contributed by atoms with E-state index in [4.69, 9.17) is 19.2 Å². The maximum Gasteiger partial charge on any atom is 3.00 e. The van der Waals surface area contributed by atoms with Crippen LogP contribution >= 0.6 is 7.82 Å². The van der Waals surface area contributed by atoms with E-state index in [-0.39, 0.29) is 51.6 Å². The molecule has 0 aliphatic rings. The Morgan fingerprint density at radius 1 is 1.12 bits per heavy atom. The minimum atomic E-state index is -5.39. The fourth-order valence-corrected chi connectivity index (χ4v) is 0. The van der Waals surface area contributed by atoms with Gasteiger partial charge in [0.25, 0.3) is 0 Å². The Balaban J connectivity index is -0.0000000267. The van der Waals surface area contributed by atoms with Crippen LogP contribution in [0.15, 0.2) is 0 Å². The van der Waals surface area contributed by atoms with Crippen molar-refractivity contribution in [1.29, 1.82) is 0 Å². The predicted molar refractivity (Wildman–Crippen MR) is 10.1 cm³/mol. The molecule has 0 saturated carbocycles. The van der Waals surface area contributed by atoms with Crippen LogP contribution in [-0.4, -0.2) is 0 Å². The van der Waals surface area contributed by atoms with Crippen LogP contribution in [0.25, 0.3) is 0 Å². The largest absolute Gasteiger partial charge is 3.00 e. The van der Waals surface area contributed by atoms with E-state index >= 15 is 0 Å². The second kappa shape index (κ2) is 8.57. The van der Waals surface area contributed by atoms with Gasteiger partial charge in [0.05, 0.1) is 0 Å². The summed E-state index contributed by atoms with van der Waals surface area (Å²) in [6.07, 6.45) is 0. The molecule has 0 unspecified atom stereocenters. The first-order chi connectivity index (χ1) is 2.00. The van der Waals surface area contributed by atoms with Gasteiger partial charge in [-0.2, -0.15) is 7.82 Å². The first kappa shape index (κ1) is 22.7. The third-order valence-electron chi connectivity index (χ3n) is 0. The summed E-state index contributed by atoms with van der Waals surface area (Å²) in [4.78, 5) is 25.6. The summed E-state index contributed by atoms with van der Waals surface area (Å²) in [5, 5.41) is 0. The van der Waals surface area contributed by atoms with E-state index in [1.807, 2.05) is 0 Å². The molecule has 4 nitrogen and oxygen atoms in total. The second-order valence-electron chi connectivity index (χ2n) is 0.447. The number of rotatable bonds is 0. The molecule has 0 amide bonds. The summed E-state index contributed by atoms with van der Waals surface area (Å²) in [6, 6.07) is 0. The summed E-state index contributed by atoms with van der Waals surface area (Å²) >= 11 is 0. The molecule has 0 fully saturated rings. The van der Waals surface area contributed by atoms with E-state index < -0.39 is 7.82 Å². The first-order valence-corrected chi connectivity index (χ1v) is 2.19. The standard InChI is InChI=1S/Cr.FH.Na.H3O4P/c;;;1-5(2,3)4/h;1H;;(H3,1,2,3,4)/q+3;;+1;/p-3. The molecule has 0 aliphatic heterocycles. The maximum atomic E-state index is 8.55. The molecule has 0 aromatic rings. The molecule has 0 aromatic carbocycles. The Morgan fingerprint density at radius 2 is 1.12 bits per heavy atom. The van der Waals surface area contributed by atoms with Crippen molar-refractivity contribution in [3.05, 3.63) is 0 Å². The Kier molecular flexibility index (Phi) is 24.3. The Labute approximate surface area is 78.3 Å². The van der Waals surface area contributed by atoms with E-state index in [1.54, 1.807) is 0 Å². The molecule has 8 heteroatoms. The Morgan fingerprint density at radius 3 is 1.12 bits per heavy atom. The Hall–Kier alpha value is 1.57. The zero-order chi connectivity index (χ0) is 4.50. The molecule has 0 rings (SSSR count). The number of halogens is 1. The van der Waals surface area contributed by atoms with Gasteiger partial charge in [0, 0.05) is 0 Å². The number of hydrogen-bond donors (Lipinski definition) is 0. The molecular formula is HCrFNaO4P+. The number of hydrogen-bond acceptors (Lipinski definition) is 4. The van der Waals surface area contributed by atoms with Gasteiger partial charge >= 0.3 is 46.9 Å². The molecule has 0 heterocycles. The molecule has 8 heavy (non-hydrogen) atoms. The molecule has 1 radical (unpaired) electrons. The molecular weight excluding hydrogens is 189 g/mol. The molecule has 0 atom stereocenters. The minimum absolute atomic E-state index is 0. The first-order valence-electron chi connectivity index (χ1n) is 0.730. The van der Waals surface area contributed by atoms with Crippen molar-refractivity contribution in [2.75, 3.05) is 0 Å². The molecule has 0 bridgehead atoms. The van der Waals surface area contributed by atoms with E-state index in [0.29, 0.717) is 0 Å². The van der Waals surface area contributed by atoms with Gasteiger partial charge in [0.15, 0.2) is 0 Å². The van der Waals surface area contributed by atoms with Crippen molar-refractivity contribution in [2.45, 2.75) is 0 Å². The van der Waals surface area contributed by atoms with Crippen molar-refractivity contribution >= 4 is 7.82 Å². The Bertz CT molecular complexity index is 62.2. The van der Waals surface area contributed by atoms with Crippen molar-refractivity contribution in [2.24, 2.45) is 0 Å². The second-order valence-corrected chi connectivity index (χ2v) is 1.34. The minimum Gasteiger partial charge on any atom is -0.822 e. The van der Waals surface area contributed by atoms with Gasteiger partial charge in [-0.15, -0.1) is 0 Å². The SMILES string of the molecule is F.O=P([O-])([O-])[O-].[Cr+3].[Na+]. The topological polar surface area (TPSA) is 86.2 Å². The molecule has 0 spiro atoms. The number of phosphoric acid groups is 1. The van der Waals surface area contributed by atoms with Gasteiger partial charge in [-0.3, -0.25) is 4.70 Å². The molecule has 43 valence electrons. The van der Waals surface area contributed by atoms with Gasteiger partial charge in [0.1, 0.15) is 0 Å². The van der Waals surface area contributed by atoms with Crippen LogP contribution in [0.5, 0.6) is 0 Å². The predicted octanol–water partition coefficient (Wildman–Crippen LogP) is -5.67. The van der Waals surface area contributed by atoms with Crippen LogP contribution in [0.3, 0.4) is 0 Å². The third-order valence-corrected chi connectivity index (χ3v) is 0. The van der Waals surface area contributed by atoms with E-state index in [2.05, 4.69) is 0 Å². The van der Waals surface area contributed by atoms with Gasteiger partial charge in [-0.1, -0.05) is 0 Å². The fraction of sp³-hybridized carbons (Fsp3) is 0. The van der Waals surface area contributed by atoms with E-state index in [0.717, 1.165) is 0 Å². The average Bonchev–Trinajstić information content (AvgIpc) is 0.722. The summed E-state index contributed by atoms with van der Waals surface area (Å²) in [5.41, 5.74) is 0. The van der Waals surface area contributed by atoms with Crippen molar-refractivity contribution in [3.63, 3.8) is 0 Å². The van der Waals surface area contributed by atoms with Crippen molar-refractivity contribution in [3.8, 4) is 0 Å². The maximum absolute atomic E-state index is 8.55. The third kappa shape index (κ3) is 132. The fourth-order valence-electron chi connectivity index (χ4n) is 0. The summed E-state index contributed by atoms with van der Waals surface area (Å²) in [5.74, 6) is 0. The summed E-state index contributed by atoms with van der Waals surface area (Å²) in [6.45, 7) is 0. The monoisotopic (exact) mass is 190 g/mol. The molecule has 0 aliphatic carbocycles. The molecule has 0 saturated heterocycles.